The fraction of sp³-hybridized carbons (Fsp3) is 0.786. The first-order chi connectivity index (χ1) is 9.40. The molecule has 0 aromatic carbocycles. The summed E-state index contributed by atoms with van der Waals surface area (Å²) in [5.74, 6) is -1.71. The molecule has 20 heavy (non-hydrogen) atoms. The third-order valence-electron chi connectivity index (χ3n) is 4.33. The highest BCUT2D eigenvalue weighted by Gasteiger charge is 2.38. The first-order valence-corrected chi connectivity index (χ1v) is 7.23. The van der Waals surface area contributed by atoms with E-state index in [1.807, 2.05) is 13.8 Å². The van der Waals surface area contributed by atoms with Gasteiger partial charge in [-0.25, -0.2) is 0 Å². The summed E-state index contributed by atoms with van der Waals surface area (Å²) in [5, 5.41) is 11.7. The molecule has 2 amide bonds. The van der Waals surface area contributed by atoms with Gasteiger partial charge >= 0.3 is 5.97 Å². The molecule has 0 aromatic heterocycles. The van der Waals surface area contributed by atoms with E-state index in [0.29, 0.717) is 32.2 Å². The third-order valence-corrected chi connectivity index (χ3v) is 4.33. The molecule has 112 valence electrons. The standard InChI is InChI=1S/C14H22N2O4/c1-8(2)16-6-5-11(13(16)18)15-12(17)9-3-4-10(7-9)14(19)20/h8-11H,3-7H2,1-2H3,(H,15,17)(H,19,20)/t9-,10+,11?/m1/s1. The largest absolute Gasteiger partial charge is 0.481 e. The van der Waals surface area contributed by atoms with Crippen molar-refractivity contribution in [1.82, 2.24) is 10.2 Å². The summed E-state index contributed by atoms with van der Waals surface area (Å²) in [6.07, 6.45) is 2.16. The zero-order valence-electron chi connectivity index (χ0n) is 12.0. The van der Waals surface area contributed by atoms with Crippen molar-refractivity contribution in [2.45, 2.75) is 51.6 Å². The van der Waals surface area contributed by atoms with Crippen LogP contribution in [0.15, 0.2) is 0 Å². The average Bonchev–Trinajstić information content (AvgIpc) is 2.97. The van der Waals surface area contributed by atoms with Crippen molar-refractivity contribution in [3.8, 4) is 0 Å². The van der Waals surface area contributed by atoms with E-state index in [-0.39, 0.29) is 23.8 Å². The first-order valence-electron chi connectivity index (χ1n) is 7.23. The van der Waals surface area contributed by atoms with Crippen molar-refractivity contribution in [2.75, 3.05) is 6.54 Å². The maximum absolute atomic E-state index is 12.1. The van der Waals surface area contributed by atoms with Gasteiger partial charge in [-0.2, -0.15) is 0 Å². The Balaban J connectivity index is 1.87. The lowest BCUT2D eigenvalue weighted by Gasteiger charge is -2.21. The van der Waals surface area contributed by atoms with E-state index >= 15 is 0 Å². The van der Waals surface area contributed by atoms with Crippen LogP contribution in [0.3, 0.4) is 0 Å². The monoisotopic (exact) mass is 282 g/mol. The minimum Gasteiger partial charge on any atom is -0.481 e. The highest BCUT2D eigenvalue weighted by atomic mass is 16.4. The van der Waals surface area contributed by atoms with Gasteiger partial charge in [0, 0.05) is 18.5 Å². The van der Waals surface area contributed by atoms with Crippen LogP contribution in [0.4, 0.5) is 0 Å². The number of nitrogens with zero attached hydrogens (tertiary/aromatic N) is 1. The van der Waals surface area contributed by atoms with Gasteiger partial charge in [-0.15, -0.1) is 0 Å². The zero-order chi connectivity index (χ0) is 14.9. The number of aliphatic carboxylic acids is 1. The summed E-state index contributed by atoms with van der Waals surface area (Å²) in [6, 6.07) is -0.291. The van der Waals surface area contributed by atoms with Crippen LogP contribution in [0.25, 0.3) is 0 Å². The van der Waals surface area contributed by atoms with Crippen LogP contribution in [0.1, 0.15) is 39.5 Å². The molecule has 1 aliphatic heterocycles. The lowest BCUT2D eigenvalue weighted by molar-refractivity contribution is -0.141. The van der Waals surface area contributed by atoms with E-state index in [9.17, 15) is 14.4 Å². The summed E-state index contributed by atoms with van der Waals surface area (Å²) in [6.45, 7) is 4.58. The molecule has 0 bridgehead atoms. The van der Waals surface area contributed by atoms with E-state index in [4.69, 9.17) is 5.11 Å². The fourth-order valence-corrected chi connectivity index (χ4v) is 3.08. The van der Waals surface area contributed by atoms with Crippen molar-refractivity contribution >= 4 is 17.8 Å². The van der Waals surface area contributed by atoms with Crippen LogP contribution in [0.2, 0.25) is 0 Å². The lowest BCUT2D eigenvalue weighted by Crippen LogP contribution is -2.45. The molecule has 0 spiro atoms. The van der Waals surface area contributed by atoms with E-state index < -0.39 is 17.9 Å². The van der Waals surface area contributed by atoms with Gasteiger partial charge in [0.15, 0.2) is 0 Å². The van der Waals surface area contributed by atoms with Crippen LogP contribution >= 0.6 is 0 Å². The van der Waals surface area contributed by atoms with Gasteiger partial charge in [-0.1, -0.05) is 0 Å². The molecule has 2 rings (SSSR count). The van der Waals surface area contributed by atoms with Crippen LogP contribution in [0, 0.1) is 11.8 Å². The van der Waals surface area contributed by atoms with Crippen LogP contribution < -0.4 is 5.32 Å². The Labute approximate surface area is 118 Å². The highest BCUT2D eigenvalue weighted by Crippen LogP contribution is 2.31. The van der Waals surface area contributed by atoms with Gasteiger partial charge in [0.2, 0.25) is 11.8 Å². The summed E-state index contributed by atoms with van der Waals surface area (Å²) in [5.41, 5.74) is 0. The number of likely N-dealkylation sites (tertiary alicyclic amines) is 1. The Morgan fingerprint density at radius 2 is 1.90 bits per heavy atom. The van der Waals surface area contributed by atoms with E-state index in [1.54, 1.807) is 4.90 Å². The average molecular weight is 282 g/mol. The second-order valence-electron chi connectivity index (χ2n) is 6.02. The number of hydrogen-bond donors (Lipinski definition) is 2. The number of rotatable bonds is 4. The molecular formula is C14H22N2O4. The molecule has 2 fully saturated rings. The number of nitrogens with one attached hydrogen (secondary N) is 1. The second kappa shape index (κ2) is 5.81. The summed E-state index contributed by atoms with van der Waals surface area (Å²) >= 11 is 0. The van der Waals surface area contributed by atoms with Gasteiger partial charge in [-0.3, -0.25) is 14.4 Å². The maximum Gasteiger partial charge on any atom is 0.306 e. The van der Waals surface area contributed by atoms with Gasteiger partial charge in [0.05, 0.1) is 5.92 Å². The SMILES string of the molecule is CC(C)N1CCC(NC(=O)[C@@H]2CC[C@H](C(=O)O)C2)C1=O. The van der Waals surface area contributed by atoms with Crippen LogP contribution in [0.5, 0.6) is 0 Å². The van der Waals surface area contributed by atoms with Crippen molar-refractivity contribution in [1.29, 1.82) is 0 Å². The number of amides is 2. The second-order valence-corrected chi connectivity index (χ2v) is 6.02. The van der Waals surface area contributed by atoms with Gasteiger partial charge in [0.1, 0.15) is 6.04 Å². The maximum atomic E-state index is 12.1. The van der Waals surface area contributed by atoms with E-state index in [1.165, 1.54) is 0 Å². The van der Waals surface area contributed by atoms with Crippen LogP contribution in [-0.2, 0) is 14.4 Å². The molecule has 2 N–H and O–H groups in total. The molecule has 6 nitrogen and oxygen atoms in total. The Bertz CT molecular complexity index is 421. The molecule has 1 unspecified atom stereocenters. The molecule has 0 radical (unpaired) electrons. The topological polar surface area (TPSA) is 86.7 Å². The van der Waals surface area contributed by atoms with Crippen molar-refractivity contribution < 1.29 is 19.5 Å². The predicted octanol–water partition coefficient (Wildman–Crippen LogP) is 0.613. The number of carbonyl (C=O) groups excluding carboxylic acids is 2. The van der Waals surface area contributed by atoms with E-state index in [2.05, 4.69) is 5.32 Å². The minimum absolute atomic E-state index is 0.0267. The summed E-state index contributed by atoms with van der Waals surface area (Å²) in [4.78, 5) is 36.9. The number of hydrogen-bond acceptors (Lipinski definition) is 3. The van der Waals surface area contributed by atoms with E-state index in [0.717, 1.165) is 0 Å². The molecular weight excluding hydrogens is 260 g/mol. The Morgan fingerprint density at radius 3 is 2.40 bits per heavy atom. The number of carboxylic acids is 1. The molecule has 2 aliphatic rings. The molecule has 3 atom stereocenters. The molecule has 1 aliphatic carbocycles. The summed E-state index contributed by atoms with van der Waals surface area (Å²) in [7, 11) is 0. The Morgan fingerprint density at radius 1 is 1.25 bits per heavy atom. The normalized spacial score (nSPS) is 30.1. The van der Waals surface area contributed by atoms with Gasteiger partial charge in [-0.05, 0) is 39.5 Å². The fourth-order valence-electron chi connectivity index (χ4n) is 3.08. The third kappa shape index (κ3) is 2.94. The van der Waals surface area contributed by atoms with Gasteiger partial charge < -0.3 is 15.3 Å². The summed E-state index contributed by atoms with van der Waals surface area (Å²) < 4.78 is 0. The molecule has 1 saturated carbocycles. The number of carboxylic acid groups (broad SMARTS) is 1. The van der Waals surface area contributed by atoms with Gasteiger partial charge in [0.25, 0.3) is 0 Å². The quantitative estimate of drug-likeness (QED) is 0.791. The predicted molar refractivity (Wildman–Crippen MR) is 71.9 cm³/mol. The lowest BCUT2D eigenvalue weighted by atomic mass is 10.0. The molecule has 1 saturated heterocycles. The number of carbonyl (C=O) groups is 3. The Hall–Kier alpha value is -1.59. The first kappa shape index (κ1) is 14.8. The van der Waals surface area contributed by atoms with Crippen molar-refractivity contribution in [3.05, 3.63) is 0 Å². The molecule has 0 aromatic rings. The molecule has 6 heteroatoms. The van der Waals surface area contributed by atoms with Crippen molar-refractivity contribution in [2.24, 2.45) is 11.8 Å². The zero-order valence-corrected chi connectivity index (χ0v) is 12.0. The Kier molecular flexibility index (Phi) is 4.30. The molecule has 1 heterocycles. The minimum atomic E-state index is -0.830. The van der Waals surface area contributed by atoms with Crippen molar-refractivity contribution in [3.63, 3.8) is 0 Å². The highest BCUT2D eigenvalue weighted by molar-refractivity contribution is 5.90. The van der Waals surface area contributed by atoms with Crippen LogP contribution in [-0.4, -0.2) is 46.4 Å². The smallest absolute Gasteiger partial charge is 0.306 e.